The molecule has 5 rings (SSSR count). The quantitative estimate of drug-likeness (QED) is 0.349. The fraction of sp³-hybridized carbons (Fsp3) is 0.483. The molecule has 202 valence electrons. The number of Topliss-reactive ketones (excluding diaryl/α,β-unsaturated/α-hetero) is 1. The van der Waals surface area contributed by atoms with Crippen LogP contribution in [0.5, 0.6) is 0 Å². The van der Waals surface area contributed by atoms with Crippen molar-refractivity contribution in [3.63, 3.8) is 0 Å². The number of amides is 1. The van der Waals surface area contributed by atoms with Gasteiger partial charge in [0.25, 0.3) is 0 Å². The van der Waals surface area contributed by atoms with Crippen molar-refractivity contribution in [2.45, 2.75) is 58.2 Å². The molecule has 3 aromatic rings. The molecular formula is C29H36BrN5O3. The van der Waals surface area contributed by atoms with Crippen molar-refractivity contribution >= 4 is 50.3 Å². The Kier molecular flexibility index (Phi) is 7.15. The number of pyridine rings is 1. The second-order valence-electron chi connectivity index (χ2n) is 11.4. The lowest BCUT2D eigenvalue weighted by Gasteiger charge is -2.42. The van der Waals surface area contributed by atoms with Crippen LogP contribution in [0.15, 0.2) is 47.1 Å². The van der Waals surface area contributed by atoms with E-state index in [1.54, 1.807) is 11.8 Å². The van der Waals surface area contributed by atoms with Gasteiger partial charge in [-0.05, 0) is 92.9 Å². The van der Waals surface area contributed by atoms with E-state index in [2.05, 4.69) is 48.6 Å². The monoisotopic (exact) mass is 581 g/mol. The van der Waals surface area contributed by atoms with E-state index in [1.165, 1.54) is 0 Å². The molecule has 1 saturated heterocycles. The Morgan fingerprint density at radius 3 is 2.24 bits per heavy atom. The summed E-state index contributed by atoms with van der Waals surface area (Å²) in [7, 11) is 1.83. The van der Waals surface area contributed by atoms with Gasteiger partial charge >= 0.3 is 6.09 Å². The SMILES string of the molecule is CC(=O)c1ccc(N2CCN(c3ccc4c(Br)cn(C5CC(N(C)C(=O)OC(C)(C)C)C5)c4n3)CC2)cc1. The number of benzene rings is 1. The third-order valence-corrected chi connectivity index (χ3v) is 8.20. The molecule has 0 unspecified atom stereocenters. The van der Waals surface area contributed by atoms with Crippen molar-refractivity contribution in [3.8, 4) is 0 Å². The van der Waals surface area contributed by atoms with Gasteiger partial charge < -0.3 is 24.0 Å². The first-order valence-corrected chi connectivity index (χ1v) is 14.0. The van der Waals surface area contributed by atoms with Gasteiger partial charge in [0.05, 0.1) is 0 Å². The minimum absolute atomic E-state index is 0.0895. The van der Waals surface area contributed by atoms with Gasteiger partial charge in [0.2, 0.25) is 0 Å². The summed E-state index contributed by atoms with van der Waals surface area (Å²) in [6.45, 7) is 10.8. The number of rotatable bonds is 5. The van der Waals surface area contributed by atoms with Gasteiger partial charge in [-0.1, -0.05) is 0 Å². The second kappa shape index (κ2) is 10.2. The van der Waals surface area contributed by atoms with Gasteiger partial charge in [-0.15, -0.1) is 0 Å². The van der Waals surface area contributed by atoms with E-state index in [0.29, 0.717) is 0 Å². The van der Waals surface area contributed by atoms with Crippen molar-refractivity contribution in [2.24, 2.45) is 0 Å². The Morgan fingerprint density at radius 1 is 1.00 bits per heavy atom. The van der Waals surface area contributed by atoms with E-state index >= 15 is 0 Å². The number of piperazine rings is 1. The fourth-order valence-corrected chi connectivity index (χ4v) is 5.75. The maximum Gasteiger partial charge on any atom is 0.410 e. The standard InChI is InChI=1S/C29H36BrN5O3/c1-19(36)20-6-8-21(9-7-20)33-12-14-34(15-13-33)26-11-10-24-25(30)18-35(27(24)31-26)23-16-22(17-23)32(5)28(37)38-29(2,3)4/h6-11,18,22-23H,12-17H2,1-5H3. The van der Waals surface area contributed by atoms with Gasteiger partial charge in [-0.2, -0.15) is 0 Å². The number of carbonyl (C=O) groups is 2. The van der Waals surface area contributed by atoms with Crippen molar-refractivity contribution in [1.29, 1.82) is 0 Å². The Hall–Kier alpha value is -3.07. The summed E-state index contributed by atoms with van der Waals surface area (Å²) in [5, 5.41) is 1.10. The number of hydrogen-bond donors (Lipinski definition) is 0. The average Bonchev–Trinajstić information content (AvgIpc) is 3.17. The molecule has 3 heterocycles. The molecule has 1 amide bonds. The molecule has 8 nitrogen and oxygen atoms in total. The maximum absolute atomic E-state index is 12.5. The number of aromatic nitrogens is 2. The lowest BCUT2D eigenvalue weighted by atomic mass is 9.85. The number of ketones is 1. The number of carbonyl (C=O) groups excluding carboxylic acids is 2. The minimum atomic E-state index is -0.498. The van der Waals surface area contributed by atoms with Gasteiger partial charge in [0.1, 0.15) is 17.1 Å². The largest absolute Gasteiger partial charge is 0.444 e. The first-order valence-electron chi connectivity index (χ1n) is 13.2. The summed E-state index contributed by atoms with van der Waals surface area (Å²) in [6.07, 6.45) is 3.60. The van der Waals surface area contributed by atoms with Crippen LogP contribution in [0.3, 0.4) is 0 Å². The zero-order chi connectivity index (χ0) is 27.2. The number of fused-ring (bicyclic) bond motifs is 1. The summed E-state index contributed by atoms with van der Waals surface area (Å²) >= 11 is 3.72. The zero-order valence-electron chi connectivity index (χ0n) is 22.8. The first kappa shape index (κ1) is 26.5. The minimum Gasteiger partial charge on any atom is -0.444 e. The van der Waals surface area contributed by atoms with E-state index in [1.807, 2.05) is 52.1 Å². The van der Waals surface area contributed by atoms with Crippen LogP contribution in [0.4, 0.5) is 16.3 Å². The fourth-order valence-electron chi connectivity index (χ4n) is 5.22. The van der Waals surface area contributed by atoms with Gasteiger partial charge in [-0.25, -0.2) is 9.78 Å². The van der Waals surface area contributed by atoms with Crippen molar-refractivity contribution in [3.05, 3.63) is 52.6 Å². The summed E-state index contributed by atoms with van der Waals surface area (Å²) in [5.74, 6) is 1.07. The summed E-state index contributed by atoms with van der Waals surface area (Å²) < 4.78 is 8.84. The average molecular weight is 583 g/mol. The molecule has 0 spiro atoms. The van der Waals surface area contributed by atoms with Crippen LogP contribution in [0.1, 0.15) is 56.9 Å². The van der Waals surface area contributed by atoms with E-state index in [9.17, 15) is 9.59 Å². The van der Waals surface area contributed by atoms with Crippen LogP contribution >= 0.6 is 15.9 Å². The second-order valence-corrected chi connectivity index (χ2v) is 12.2. The number of ether oxygens (including phenoxy) is 1. The molecule has 1 saturated carbocycles. The van der Waals surface area contributed by atoms with Gasteiger partial charge in [0.15, 0.2) is 5.78 Å². The summed E-state index contributed by atoms with van der Waals surface area (Å²) in [5.41, 5.74) is 2.36. The third-order valence-electron chi connectivity index (χ3n) is 7.57. The number of anilines is 2. The van der Waals surface area contributed by atoms with E-state index in [4.69, 9.17) is 9.72 Å². The number of halogens is 1. The molecule has 1 aliphatic carbocycles. The Bertz CT molecular complexity index is 1330. The number of hydrogen-bond acceptors (Lipinski definition) is 6. The molecular weight excluding hydrogens is 546 g/mol. The predicted molar refractivity (Wildman–Crippen MR) is 154 cm³/mol. The van der Waals surface area contributed by atoms with E-state index < -0.39 is 5.60 Å². The smallest absolute Gasteiger partial charge is 0.410 e. The summed E-state index contributed by atoms with van der Waals surface area (Å²) in [4.78, 5) is 35.6. The molecule has 0 bridgehead atoms. The molecule has 2 aromatic heterocycles. The lowest BCUT2D eigenvalue weighted by Crippen LogP contribution is -2.47. The lowest BCUT2D eigenvalue weighted by molar-refractivity contribution is 0.00808. The molecule has 0 N–H and O–H groups in total. The molecule has 2 aliphatic rings. The molecule has 1 aliphatic heterocycles. The van der Waals surface area contributed by atoms with Crippen molar-refractivity contribution < 1.29 is 14.3 Å². The highest BCUT2D eigenvalue weighted by molar-refractivity contribution is 9.10. The van der Waals surface area contributed by atoms with E-state index in [-0.39, 0.29) is 24.0 Å². The highest BCUT2D eigenvalue weighted by Gasteiger charge is 2.37. The first-order chi connectivity index (χ1) is 18.0. The van der Waals surface area contributed by atoms with Crippen LogP contribution in [0.2, 0.25) is 0 Å². The molecule has 0 radical (unpaired) electrons. The molecule has 38 heavy (non-hydrogen) atoms. The van der Waals surface area contributed by atoms with Crippen LogP contribution in [-0.4, -0.2) is 71.2 Å². The number of nitrogens with zero attached hydrogens (tertiary/aromatic N) is 5. The van der Waals surface area contributed by atoms with E-state index in [0.717, 1.165) is 71.6 Å². The Labute approximate surface area is 232 Å². The van der Waals surface area contributed by atoms with Gasteiger partial charge in [0, 0.05) is 72.6 Å². The van der Waals surface area contributed by atoms with Gasteiger partial charge in [-0.3, -0.25) is 4.79 Å². The van der Waals surface area contributed by atoms with Crippen molar-refractivity contribution in [1.82, 2.24) is 14.5 Å². The third kappa shape index (κ3) is 5.39. The molecule has 1 aromatic carbocycles. The summed E-state index contributed by atoms with van der Waals surface area (Å²) in [6, 6.07) is 12.6. The topological polar surface area (TPSA) is 70.9 Å². The predicted octanol–water partition coefficient (Wildman–Crippen LogP) is 5.90. The molecule has 9 heteroatoms. The van der Waals surface area contributed by atoms with Crippen molar-refractivity contribution in [2.75, 3.05) is 43.0 Å². The van der Waals surface area contributed by atoms with Crippen LogP contribution in [0.25, 0.3) is 11.0 Å². The highest BCUT2D eigenvalue weighted by atomic mass is 79.9. The van der Waals surface area contributed by atoms with Crippen LogP contribution in [0, 0.1) is 0 Å². The molecule has 2 fully saturated rings. The Balaban J connectivity index is 1.25. The highest BCUT2D eigenvalue weighted by Crippen LogP contribution is 2.40. The Morgan fingerprint density at radius 2 is 1.63 bits per heavy atom. The maximum atomic E-state index is 12.5. The molecule has 0 atom stereocenters. The zero-order valence-corrected chi connectivity index (χ0v) is 24.4. The normalized spacial score (nSPS) is 19.8. The van der Waals surface area contributed by atoms with Crippen LogP contribution < -0.4 is 9.80 Å². The van der Waals surface area contributed by atoms with Crippen LogP contribution in [-0.2, 0) is 4.74 Å².